The molecule has 46 heavy (non-hydrogen) atoms. The van der Waals surface area contributed by atoms with Crippen LogP contribution in [-0.2, 0) is 9.47 Å². The smallest absolute Gasteiger partial charge is 0.407 e. The van der Waals surface area contributed by atoms with E-state index < -0.39 is 11.7 Å². The first-order valence-electron chi connectivity index (χ1n) is 16.1. The highest BCUT2D eigenvalue weighted by molar-refractivity contribution is 5.67. The monoisotopic (exact) mass is 630 g/mol. The SMILES string of the molecule is CC(C)(C)OC(=O)NCCOCCN1CCN(c2cccc(-c3cnc4ccc(N5CCCC5c5cccc(F)c5)nn34)n2)CC1. The molecule has 0 radical (unpaired) electrons. The van der Waals surface area contributed by atoms with Crippen LogP contribution in [0.15, 0.2) is 60.8 Å². The molecule has 244 valence electrons. The molecule has 1 atom stereocenters. The molecule has 2 saturated heterocycles. The van der Waals surface area contributed by atoms with Gasteiger partial charge in [-0.15, -0.1) is 5.10 Å². The maximum atomic E-state index is 14.0. The van der Waals surface area contributed by atoms with E-state index >= 15 is 0 Å². The number of ether oxygens (including phenoxy) is 2. The molecule has 1 aromatic carbocycles. The number of carbonyl (C=O) groups excluding carboxylic acids is 1. The molecular formula is C34H43FN8O3. The molecule has 0 spiro atoms. The fourth-order valence-electron chi connectivity index (χ4n) is 6.07. The third-order valence-electron chi connectivity index (χ3n) is 8.29. The van der Waals surface area contributed by atoms with E-state index in [9.17, 15) is 9.18 Å². The van der Waals surface area contributed by atoms with Gasteiger partial charge in [-0.25, -0.2) is 23.7 Å². The fourth-order valence-corrected chi connectivity index (χ4v) is 6.07. The lowest BCUT2D eigenvalue weighted by molar-refractivity contribution is 0.0490. The molecule has 1 unspecified atom stereocenters. The summed E-state index contributed by atoms with van der Waals surface area (Å²) in [5, 5.41) is 7.72. The van der Waals surface area contributed by atoms with Gasteiger partial charge < -0.3 is 24.6 Å². The van der Waals surface area contributed by atoms with Crippen molar-refractivity contribution in [2.45, 2.75) is 45.3 Å². The lowest BCUT2D eigenvalue weighted by atomic mass is 10.0. The molecule has 0 saturated carbocycles. The van der Waals surface area contributed by atoms with Gasteiger partial charge in [0.05, 0.1) is 31.1 Å². The van der Waals surface area contributed by atoms with Gasteiger partial charge in [0.25, 0.3) is 0 Å². The minimum atomic E-state index is -0.510. The van der Waals surface area contributed by atoms with Crippen LogP contribution < -0.4 is 15.1 Å². The van der Waals surface area contributed by atoms with Crippen LogP contribution in [0.2, 0.25) is 0 Å². The summed E-state index contributed by atoms with van der Waals surface area (Å²) >= 11 is 0. The van der Waals surface area contributed by atoms with Gasteiger partial charge in [0, 0.05) is 45.8 Å². The third kappa shape index (κ3) is 7.73. The summed E-state index contributed by atoms with van der Waals surface area (Å²) in [7, 11) is 0. The highest BCUT2D eigenvalue weighted by atomic mass is 19.1. The van der Waals surface area contributed by atoms with Crippen molar-refractivity contribution in [1.29, 1.82) is 0 Å². The van der Waals surface area contributed by atoms with E-state index in [0.29, 0.717) is 19.8 Å². The summed E-state index contributed by atoms with van der Waals surface area (Å²) in [5.41, 5.74) is 2.86. The molecular weight excluding hydrogens is 587 g/mol. The van der Waals surface area contributed by atoms with Gasteiger partial charge in [-0.2, -0.15) is 0 Å². The van der Waals surface area contributed by atoms with Crippen molar-refractivity contribution in [2.75, 3.05) is 68.8 Å². The van der Waals surface area contributed by atoms with Crippen molar-refractivity contribution < 1.29 is 18.7 Å². The first kappa shape index (κ1) is 31.7. The van der Waals surface area contributed by atoms with E-state index in [0.717, 1.165) is 86.3 Å². The van der Waals surface area contributed by atoms with Crippen molar-refractivity contribution in [3.05, 3.63) is 72.2 Å². The van der Waals surface area contributed by atoms with Gasteiger partial charge in [0.15, 0.2) is 5.65 Å². The lowest BCUT2D eigenvalue weighted by Crippen LogP contribution is -2.47. The molecule has 0 aliphatic carbocycles. The van der Waals surface area contributed by atoms with E-state index in [1.807, 2.05) is 61.8 Å². The molecule has 3 aromatic heterocycles. The lowest BCUT2D eigenvalue weighted by Gasteiger charge is -2.35. The fraction of sp³-hybridized carbons (Fsp3) is 0.471. The summed E-state index contributed by atoms with van der Waals surface area (Å²) in [6.07, 6.45) is 3.38. The van der Waals surface area contributed by atoms with Crippen molar-refractivity contribution >= 4 is 23.4 Å². The van der Waals surface area contributed by atoms with Crippen LogP contribution in [0.25, 0.3) is 17.0 Å². The number of nitrogens with one attached hydrogen (secondary N) is 1. The average Bonchev–Trinajstić information content (AvgIpc) is 3.70. The molecule has 11 nitrogen and oxygen atoms in total. The van der Waals surface area contributed by atoms with E-state index in [4.69, 9.17) is 19.6 Å². The number of nitrogens with zero attached hydrogens (tertiary/aromatic N) is 7. The number of aromatic nitrogens is 4. The van der Waals surface area contributed by atoms with Crippen LogP contribution in [0.5, 0.6) is 0 Å². The summed E-state index contributed by atoms with van der Waals surface area (Å²) < 4.78 is 26.8. The Morgan fingerprint density at radius 3 is 2.63 bits per heavy atom. The zero-order valence-corrected chi connectivity index (χ0v) is 26.9. The zero-order chi connectivity index (χ0) is 32.1. The van der Waals surface area contributed by atoms with Crippen LogP contribution >= 0.6 is 0 Å². The molecule has 1 N–H and O–H groups in total. The third-order valence-corrected chi connectivity index (χ3v) is 8.29. The number of hydrogen-bond acceptors (Lipinski definition) is 9. The molecule has 4 aromatic rings. The van der Waals surface area contributed by atoms with Crippen LogP contribution in [0.4, 0.5) is 20.8 Å². The van der Waals surface area contributed by atoms with Crippen LogP contribution in [-0.4, -0.2) is 95.2 Å². The topological polar surface area (TPSA) is 100 Å². The molecule has 2 aliphatic heterocycles. The Morgan fingerprint density at radius 2 is 1.83 bits per heavy atom. The molecule has 1 amide bonds. The number of imidazole rings is 1. The minimum Gasteiger partial charge on any atom is -0.444 e. The second-order valence-corrected chi connectivity index (χ2v) is 12.8. The van der Waals surface area contributed by atoms with Crippen molar-refractivity contribution in [1.82, 2.24) is 29.8 Å². The number of anilines is 2. The van der Waals surface area contributed by atoms with Crippen LogP contribution in [0.1, 0.15) is 45.2 Å². The number of benzene rings is 1. The highest BCUT2D eigenvalue weighted by Crippen LogP contribution is 2.35. The van der Waals surface area contributed by atoms with Crippen LogP contribution in [0, 0.1) is 5.82 Å². The van der Waals surface area contributed by atoms with Gasteiger partial charge in [-0.05, 0) is 75.6 Å². The van der Waals surface area contributed by atoms with Crippen molar-refractivity contribution in [3.63, 3.8) is 0 Å². The van der Waals surface area contributed by atoms with Crippen molar-refractivity contribution in [2.24, 2.45) is 0 Å². The Labute approximate surface area is 269 Å². The predicted octanol–water partition coefficient (Wildman–Crippen LogP) is 4.94. The number of alkyl carbamates (subject to hydrolysis) is 1. The van der Waals surface area contributed by atoms with E-state index in [2.05, 4.69) is 31.1 Å². The average molecular weight is 631 g/mol. The molecule has 12 heteroatoms. The predicted molar refractivity (Wildman–Crippen MR) is 176 cm³/mol. The standard InChI is InChI=1S/C34H43FN8O3/c1-34(2,3)46-33(44)36-14-21-45-22-20-40-16-18-41(19-17-40)31-11-5-9-27(38-31)29-24-37-30-12-13-32(39-43(29)30)42-15-6-10-28(42)25-7-4-8-26(35)23-25/h4-5,7-9,11-13,23-24,28H,6,10,14-22H2,1-3H3,(H,36,44). The Hall–Kier alpha value is -4.29. The molecule has 2 aliphatic rings. The van der Waals surface area contributed by atoms with Crippen LogP contribution in [0.3, 0.4) is 0 Å². The zero-order valence-electron chi connectivity index (χ0n) is 26.9. The Balaban J connectivity index is 1.04. The van der Waals surface area contributed by atoms with Crippen molar-refractivity contribution in [3.8, 4) is 11.4 Å². The maximum Gasteiger partial charge on any atom is 0.407 e. The van der Waals surface area contributed by atoms with Gasteiger partial charge in [0.1, 0.15) is 28.7 Å². The normalized spacial score (nSPS) is 17.5. The van der Waals surface area contributed by atoms with E-state index in [1.54, 1.807) is 12.1 Å². The van der Waals surface area contributed by atoms with Gasteiger partial charge in [-0.1, -0.05) is 18.2 Å². The summed E-state index contributed by atoms with van der Waals surface area (Å²) in [5.74, 6) is 1.56. The number of rotatable bonds is 10. The number of piperazine rings is 1. The van der Waals surface area contributed by atoms with Gasteiger partial charge in [0.2, 0.25) is 0 Å². The number of amides is 1. The maximum absolute atomic E-state index is 14.0. The quantitative estimate of drug-likeness (QED) is 0.245. The number of pyridine rings is 1. The van der Waals surface area contributed by atoms with Gasteiger partial charge >= 0.3 is 6.09 Å². The summed E-state index contributed by atoms with van der Waals surface area (Å²) in [6, 6.07) is 17.0. The highest BCUT2D eigenvalue weighted by Gasteiger charge is 2.28. The number of hydrogen-bond donors (Lipinski definition) is 1. The summed E-state index contributed by atoms with van der Waals surface area (Å²) in [6.45, 7) is 12.2. The Bertz CT molecular complexity index is 1630. The Kier molecular flexibility index (Phi) is 9.64. The summed E-state index contributed by atoms with van der Waals surface area (Å²) in [4.78, 5) is 28.3. The van der Waals surface area contributed by atoms with E-state index in [1.165, 1.54) is 6.07 Å². The molecule has 2 fully saturated rings. The minimum absolute atomic E-state index is 0.0838. The number of fused-ring (bicyclic) bond motifs is 1. The molecule has 5 heterocycles. The molecule has 6 rings (SSSR count). The number of halogens is 1. The van der Waals surface area contributed by atoms with E-state index in [-0.39, 0.29) is 11.9 Å². The number of carbonyl (C=O) groups is 1. The Morgan fingerprint density at radius 1 is 1.00 bits per heavy atom. The second-order valence-electron chi connectivity index (χ2n) is 12.8. The first-order valence-corrected chi connectivity index (χ1v) is 16.1. The first-order chi connectivity index (χ1) is 22.2. The molecule has 0 bridgehead atoms. The van der Waals surface area contributed by atoms with Gasteiger partial charge in [-0.3, -0.25) is 4.90 Å². The largest absolute Gasteiger partial charge is 0.444 e. The second kappa shape index (κ2) is 14.0.